The molecule has 7 heteroatoms. The van der Waals surface area contributed by atoms with Crippen LogP contribution >= 0.6 is 0 Å². The minimum atomic E-state index is -0.285. The molecule has 2 N–H and O–H groups in total. The van der Waals surface area contributed by atoms with Crippen LogP contribution in [0.5, 0.6) is 11.5 Å². The molecule has 0 spiro atoms. The molecule has 27 heavy (non-hydrogen) atoms. The van der Waals surface area contributed by atoms with Gasteiger partial charge in [0.05, 0.1) is 6.04 Å². The Hall–Kier alpha value is -3.22. The lowest BCUT2D eigenvalue weighted by Crippen LogP contribution is -2.43. The lowest BCUT2D eigenvalue weighted by molar-refractivity contribution is -0.128. The van der Waals surface area contributed by atoms with Crippen LogP contribution < -0.4 is 20.1 Å². The van der Waals surface area contributed by atoms with Gasteiger partial charge in [-0.15, -0.1) is 0 Å². The van der Waals surface area contributed by atoms with Gasteiger partial charge in [-0.25, -0.2) is 4.79 Å². The van der Waals surface area contributed by atoms with E-state index in [-0.39, 0.29) is 24.8 Å². The van der Waals surface area contributed by atoms with Crippen molar-refractivity contribution in [2.75, 3.05) is 13.3 Å². The van der Waals surface area contributed by atoms with E-state index in [1.54, 1.807) is 4.90 Å². The molecule has 7 nitrogen and oxygen atoms in total. The maximum absolute atomic E-state index is 12.2. The van der Waals surface area contributed by atoms with Crippen molar-refractivity contribution in [3.05, 3.63) is 59.7 Å². The number of nitrogens with one attached hydrogen (secondary N) is 2. The first-order chi connectivity index (χ1) is 13.2. The highest BCUT2D eigenvalue weighted by Crippen LogP contribution is 2.32. The number of benzene rings is 2. The SMILES string of the molecule is O=C(NCc1ccc2c(c1)OCO2)NC1CC(=O)N(Cc2ccccc2)C1. The highest BCUT2D eigenvalue weighted by molar-refractivity contribution is 5.81. The van der Waals surface area contributed by atoms with Crippen molar-refractivity contribution >= 4 is 11.9 Å². The van der Waals surface area contributed by atoms with Gasteiger partial charge < -0.3 is 25.0 Å². The standard InChI is InChI=1S/C20H21N3O4/c24-19-9-16(12-23(19)11-14-4-2-1-3-5-14)22-20(25)21-10-15-6-7-17-18(8-15)27-13-26-17/h1-8,16H,9-13H2,(H2,21,22,25). The number of likely N-dealkylation sites (tertiary alicyclic amines) is 1. The van der Waals surface area contributed by atoms with Crippen LogP contribution in [-0.2, 0) is 17.9 Å². The molecule has 2 aliphatic rings. The topological polar surface area (TPSA) is 79.9 Å². The quantitative estimate of drug-likeness (QED) is 0.847. The van der Waals surface area contributed by atoms with E-state index >= 15 is 0 Å². The van der Waals surface area contributed by atoms with Gasteiger partial charge in [0.1, 0.15) is 0 Å². The third-order valence-electron chi connectivity index (χ3n) is 4.66. The second-order valence-corrected chi connectivity index (χ2v) is 6.68. The number of ether oxygens (including phenoxy) is 2. The van der Waals surface area contributed by atoms with E-state index in [9.17, 15) is 9.59 Å². The second-order valence-electron chi connectivity index (χ2n) is 6.68. The van der Waals surface area contributed by atoms with E-state index in [1.807, 2.05) is 48.5 Å². The molecule has 0 saturated carbocycles. The zero-order valence-corrected chi connectivity index (χ0v) is 14.8. The molecule has 0 bridgehead atoms. The molecule has 4 rings (SSSR count). The molecule has 1 atom stereocenters. The fourth-order valence-corrected chi connectivity index (χ4v) is 3.30. The largest absolute Gasteiger partial charge is 0.454 e. The van der Waals surface area contributed by atoms with Gasteiger partial charge in [0.25, 0.3) is 0 Å². The van der Waals surface area contributed by atoms with Crippen LogP contribution in [0, 0.1) is 0 Å². The van der Waals surface area contributed by atoms with Crippen LogP contribution in [-0.4, -0.2) is 36.2 Å². The van der Waals surface area contributed by atoms with Gasteiger partial charge >= 0.3 is 6.03 Å². The average molecular weight is 367 g/mol. The van der Waals surface area contributed by atoms with Crippen LogP contribution in [0.4, 0.5) is 4.79 Å². The van der Waals surface area contributed by atoms with Crippen molar-refractivity contribution in [2.45, 2.75) is 25.6 Å². The summed E-state index contributed by atoms with van der Waals surface area (Å²) >= 11 is 0. The summed E-state index contributed by atoms with van der Waals surface area (Å²) in [6, 6.07) is 14.9. The van der Waals surface area contributed by atoms with Gasteiger partial charge in [0, 0.05) is 26.1 Å². The molecule has 0 aromatic heterocycles. The van der Waals surface area contributed by atoms with Gasteiger partial charge in [0.2, 0.25) is 12.7 Å². The molecule has 2 heterocycles. The van der Waals surface area contributed by atoms with Gasteiger partial charge in [-0.1, -0.05) is 36.4 Å². The van der Waals surface area contributed by atoms with E-state index in [4.69, 9.17) is 9.47 Å². The van der Waals surface area contributed by atoms with E-state index in [1.165, 1.54) is 0 Å². The number of nitrogens with zero attached hydrogens (tertiary/aromatic N) is 1. The fourth-order valence-electron chi connectivity index (χ4n) is 3.30. The molecule has 3 amide bonds. The first kappa shape index (κ1) is 17.2. The van der Waals surface area contributed by atoms with Crippen molar-refractivity contribution in [3.63, 3.8) is 0 Å². The van der Waals surface area contributed by atoms with Crippen LogP contribution in [0.25, 0.3) is 0 Å². The Morgan fingerprint density at radius 1 is 1.07 bits per heavy atom. The number of carbonyl (C=O) groups excluding carboxylic acids is 2. The molecule has 1 saturated heterocycles. The van der Waals surface area contributed by atoms with E-state index in [0.717, 1.165) is 11.1 Å². The van der Waals surface area contributed by atoms with Crippen molar-refractivity contribution in [2.24, 2.45) is 0 Å². The van der Waals surface area contributed by atoms with Crippen molar-refractivity contribution in [1.29, 1.82) is 0 Å². The van der Waals surface area contributed by atoms with Crippen LogP contribution in [0.2, 0.25) is 0 Å². The number of amides is 3. The summed E-state index contributed by atoms with van der Waals surface area (Å²) in [4.78, 5) is 26.1. The molecule has 2 aromatic rings. The normalized spacial score (nSPS) is 17.9. The zero-order valence-electron chi connectivity index (χ0n) is 14.8. The van der Waals surface area contributed by atoms with E-state index in [2.05, 4.69) is 10.6 Å². The number of fused-ring (bicyclic) bond motifs is 1. The maximum Gasteiger partial charge on any atom is 0.315 e. The molecule has 0 radical (unpaired) electrons. The third kappa shape index (κ3) is 4.13. The van der Waals surface area contributed by atoms with Crippen LogP contribution in [0.3, 0.4) is 0 Å². The Bertz CT molecular complexity index is 840. The van der Waals surface area contributed by atoms with E-state index < -0.39 is 0 Å². The lowest BCUT2D eigenvalue weighted by atomic mass is 10.2. The van der Waals surface area contributed by atoms with E-state index in [0.29, 0.717) is 37.6 Å². The summed E-state index contributed by atoms with van der Waals surface area (Å²) in [6.07, 6.45) is 0.324. The molecule has 2 aliphatic heterocycles. The molecule has 2 aromatic carbocycles. The lowest BCUT2D eigenvalue weighted by Gasteiger charge is -2.17. The summed E-state index contributed by atoms with van der Waals surface area (Å²) in [5.41, 5.74) is 2.00. The molecule has 140 valence electrons. The summed E-state index contributed by atoms with van der Waals surface area (Å²) in [6.45, 7) is 1.68. The number of rotatable bonds is 5. The predicted molar refractivity (Wildman–Crippen MR) is 98.2 cm³/mol. The molecular formula is C20H21N3O4. The molecule has 1 fully saturated rings. The first-order valence-electron chi connectivity index (χ1n) is 8.92. The van der Waals surface area contributed by atoms with Crippen LogP contribution in [0.15, 0.2) is 48.5 Å². The monoisotopic (exact) mass is 367 g/mol. The van der Waals surface area contributed by atoms with Gasteiger partial charge in [-0.2, -0.15) is 0 Å². The molecule has 0 aliphatic carbocycles. The van der Waals surface area contributed by atoms with Gasteiger partial charge in [-0.05, 0) is 23.3 Å². The molecular weight excluding hydrogens is 346 g/mol. The number of carbonyl (C=O) groups is 2. The smallest absolute Gasteiger partial charge is 0.315 e. The first-order valence-corrected chi connectivity index (χ1v) is 8.92. The maximum atomic E-state index is 12.2. The van der Waals surface area contributed by atoms with Crippen molar-refractivity contribution in [1.82, 2.24) is 15.5 Å². The fraction of sp³-hybridized carbons (Fsp3) is 0.300. The number of hydrogen-bond acceptors (Lipinski definition) is 4. The van der Waals surface area contributed by atoms with Crippen molar-refractivity contribution < 1.29 is 19.1 Å². The second kappa shape index (κ2) is 7.57. The van der Waals surface area contributed by atoms with Gasteiger partial charge in [0.15, 0.2) is 11.5 Å². The third-order valence-corrected chi connectivity index (χ3v) is 4.66. The van der Waals surface area contributed by atoms with Gasteiger partial charge in [-0.3, -0.25) is 4.79 Å². The Labute approximate surface area is 157 Å². The Kier molecular flexibility index (Phi) is 4.82. The predicted octanol–water partition coefficient (Wildman–Crippen LogP) is 2.02. The molecule has 1 unspecified atom stereocenters. The summed E-state index contributed by atoms with van der Waals surface area (Å²) < 4.78 is 10.6. The highest BCUT2D eigenvalue weighted by atomic mass is 16.7. The number of hydrogen-bond donors (Lipinski definition) is 2. The number of urea groups is 1. The summed E-state index contributed by atoms with van der Waals surface area (Å²) in [5.74, 6) is 1.46. The Morgan fingerprint density at radius 2 is 1.89 bits per heavy atom. The van der Waals surface area contributed by atoms with Crippen LogP contribution in [0.1, 0.15) is 17.5 Å². The van der Waals surface area contributed by atoms with Crippen molar-refractivity contribution in [3.8, 4) is 11.5 Å². The Balaban J connectivity index is 1.25. The minimum Gasteiger partial charge on any atom is -0.454 e. The zero-order chi connectivity index (χ0) is 18.6. The summed E-state index contributed by atoms with van der Waals surface area (Å²) in [5, 5.41) is 5.70. The summed E-state index contributed by atoms with van der Waals surface area (Å²) in [7, 11) is 0. The minimum absolute atomic E-state index is 0.0555. The Morgan fingerprint density at radius 3 is 2.74 bits per heavy atom. The average Bonchev–Trinajstić information content (AvgIpc) is 3.27. The highest BCUT2D eigenvalue weighted by Gasteiger charge is 2.30.